The van der Waals surface area contributed by atoms with E-state index in [-0.39, 0.29) is 17.1 Å². The van der Waals surface area contributed by atoms with Crippen molar-refractivity contribution < 1.29 is 23.1 Å². The lowest BCUT2D eigenvalue weighted by molar-refractivity contribution is 0.0992. The fourth-order valence-corrected chi connectivity index (χ4v) is 5.56. The number of aliphatic hydroxyl groups is 1. The summed E-state index contributed by atoms with van der Waals surface area (Å²) in [7, 11) is -2.28. The molecule has 178 valence electrons. The average Bonchev–Trinajstić information content (AvgIpc) is 2.86. The van der Waals surface area contributed by atoms with Crippen molar-refractivity contribution in [1.29, 1.82) is 0 Å². The van der Waals surface area contributed by atoms with Gasteiger partial charge in [0.05, 0.1) is 24.2 Å². The van der Waals surface area contributed by atoms with E-state index < -0.39 is 22.2 Å². The van der Waals surface area contributed by atoms with Crippen LogP contribution in [0.3, 0.4) is 0 Å². The van der Waals surface area contributed by atoms with Gasteiger partial charge in [0.15, 0.2) is 5.78 Å². The second-order valence-corrected chi connectivity index (χ2v) is 10.3. The zero-order valence-corrected chi connectivity index (χ0v) is 20.1. The van der Waals surface area contributed by atoms with Gasteiger partial charge in [-0.2, -0.15) is 0 Å². The third-order valence-corrected chi connectivity index (χ3v) is 7.78. The first-order valence-electron chi connectivity index (χ1n) is 11.4. The number of aryl methyl sites for hydroxylation is 2. The number of rotatable bonds is 8. The molecule has 0 radical (unpaired) electrons. The van der Waals surface area contributed by atoms with Gasteiger partial charge in [0, 0.05) is 12.0 Å². The second kappa shape index (κ2) is 10.1. The number of carbonyl (C=O) groups excluding carboxylic acids is 1. The minimum absolute atomic E-state index is 0.0663. The number of aliphatic hydroxyl groups excluding tert-OH is 1. The van der Waals surface area contributed by atoms with E-state index in [1.54, 1.807) is 55.6 Å². The lowest BCUT2D eigenvalue weighted by Gasteiger charge is -2.31. The van der Waals surface area contributed by atoms with Crippen LogP contribution >= 0.6 is 0 Å². The minimum atomic E-state index is -3.84. The molecule has 1 aliphatic rings. The first-order valence-corrected chi connectivity index (χ1v) is 12.9. The zero-order valence-electron chi connectivity index (χ0n) is 19.3. The standard InChI is InChI=1S/C27H29NO5S/c1-3-18-8-12-23(13-9-18)34(31,32)28-27-24-15-19(7-10-20(24)11-14-25(27)29)16-26(30)21-5-4-6-22(17-21)33-2/h4-10,12-13,15,17,25,27-29H,3,11,14,16H2,1-2H3/t25-,27-/m1/s1. The summed E-state index contributed by atoms with van der Waals surface area (Å²) < 4.78 is 34.1. The van der Waals surface area contributed by atoms with Crippen LogP contribution < -0.4 is 9.46 Å². The third-order valence-electron chi connectivity index (χ3n) is 6.32. The molecule has 0 fully saturated rings. The molecule has 6 nitrogen and oxygen atoms in total. The fourth-order valence-electron chi connectivity index (χ4n) is 4.31. The summed E-state index contributed by atoms with van der Waals surface area (Å²) in [6.07, 6.45) is 1.22. The highest BCUT2D eigenvalue weighted by Gasteiger charge is 2.32. The van der Waals surface area contributed by atoms with Crippen LogP contribution in [0.2, 0.25) is 0 Å². The molecule has 0 aliphatic heterocycles. The quantitative estimate of drug-likeness (QED) is 0.476. The lowest BCUT2D eigenvalue weighted by atomic mass is 9.84. The molecule has 0 saturated heterocycles. The molecular weight excluding hydrogens is 450 g/mol. The Morgan fingerprint density at radius 1 is 1.06 bits per heavy atom. The van der Waals surface area contributed by atoms with Gasteiger partial charge in [0.25, 0.3) is 0 Å². The summed E-state index contributed by atoms with van der Waals surface area (Å²) in [6.45, 7) is 2.01. The maximum atomic E-state index is 13.1. The average molecular weight is 480 g/mol. The predicted molar refractivity (Wildman–Crippen MR) is 131 cm³/mol. The highest BCUT2D eigenvalue weighted by atomic mass is 32.2. The van der Waals surface area contributed by atoms with Crippen molar-refractivity contribution in [3.05, 3.63) is 94.5 Å². The van der Waals surface area contributed by atoms with Gasteiger partial charge < -0.3 is 9.84 Å². The number of carbonyl (C=O) groups is 1. The Hall–Kier alpha value is -3.00. The summed E-state index contributed by atoms with van der Waals surface area (Å²) in [5.74, 6) is 0.546. The first kappa shape index (κ1) is 24.1. The van der Waals surface area contributed by atoms with Crippen LogP contribution in [0.25, 0.3) is 0 Å². The number of methoxy groups -OCH3 is 1. The van der Waals surface area contributed by atoms with E-state index in [1.165, 1.54) is 0 Å². The molecule has 1 aliphatic carbocycles. The van der Waals surface area contributed by atoms with Crippen LogP contribution in [-0.4, -0.2) is 32.5 Å². The van der Waals surface area contributed by atoms with Crippen LogP contribution in [-0.2, 0) is 29.3 Å². The molecule has 2 N–H and O–H groups in total. The molecule has 0 aromatic heterocycles. The molecule has 4 rings (SSSR count). The van der Waals surface area contributed by atoms with E-state index in [1.807, 2.05) is 25.1 Å². The van der Waals surface area contributed by atoms with E-state index in [2.05, 4.69) is 4.72 Å². The maximum absolute atomic E-state index is 13.1. The van der Waals surface area contributed by atoms with E-state index in [4.69, 9.17) is 4.74 Å². The molecule has 0 unspecified atom stereocenters. The van der Waals surface area contributed by atoms with E-state index >= 15 is 0 Å². The number of Topliss-reactive ketones (excluding diaryl/α,β-unsaturated/α-hetero) is 1. The molecule has 3 aromatic rings. The number of nitrogens with one attached hydrogen (secondary N) is 1. The van der Waals surface area contributed by atoms with Gasteiger partial charge in [0.2, 0.25) is 10.0 Å². The molecule has 0 amide bonds. The first-order chi connectivity index (χ1) is 16.3. The fraction of sp³-hybridized carbons (Fsp3) is 0.296. The highest BCUT2D eigenvalue weighted by Crippen LogP contribution is 2.32. The van der Waals surface area contributed by atoms with Gasteiger partial charge in [-0.3, -0.25) is 4.79 Å². The Morgan fingerprint density at radius 3 is 2.50 bits per heavy atom. The van der Waals surface area contributed by atoms with Gasteiger partial charge in [-0.1, -0.05) is 49.4 Å². The predicted octanol–water partition coefficient (Wildman–Crippen LogP) is 4.01. The van der Waals surface area contributed by atoms with Gasteiger partial charge in [-0.05, 0) is 65.8 Å². The van der Waals surface area contributed by atoms with E-state index in [9.17, 15) is 18.3 Å². The topological polar surface area (TPSA) is 92.7 Å². The summed E-state index contributed by atoms with van der Waals surface area (Å²) >= 11 is 0. The number of ketones is 1. The molecule has 0 saturated carbocycles. The number of hydrogen-bond acceptors (Lipinski definition) is 5. The summed E-state index contributed by atoms with van der Waals surface area (Å²) in [5.41, 5.74) is 4.04. The molecule has 7 heteroatoms. The maximum Gasteiger partial charge on any atom is 0.241 e. The van der Waals surface area contributed by atoms with Crippen molar-refractivity contribution in [2.75, 3.05) is 7.11 Å². The van der Waals surface area contributed by atoms with Crippen molar-refractivity contribution in [1.82, 2.24) is 4.72 Å². The summed E-state index contributed by atoms with van der Waals surface area (Å²) in [4.78, 5) is 13.0. The Morgan fingerprint density at radius 2 is 1.79 bits per heavy atom. The molecular formula is C27H29NO5S. The number of benzene rings is 3. The Bertz CT molecular complexity index is 1280. The Kier molecular flexibility index (Phi) is 7.16. The van der Waals surface area contributed by atoms with Crippen molar-refractivity contribution in [2.24, 2.45) is 0 Å². The molecule has 0 bridgehead atoms. The van der Waals surface area contributed by atoms with Crippen molar-refractivity contribution in [2.45, 2.75) is 49.6 Å². The van der Waals surface area contributed by atoms with Crippen LogP contribution in [0, 0.1) is 0 Å². The number of hydrogen-bond donors (Lipinski definition) is 2. The third kappa shape index (κ3) is 5.22. The molecule has 0 spiro atoms. The largest absolute Gasteiger partial charge is 0.497 e. The normalized spacial score (nSPS) is 17.7. The molecule has 0 heterocycles. The Balaban J connectivity index is 1.59. The monoisotopic (exact) mass is 479 g/mol. The van der Waals surface area contributed by atoms with Crippen molar-refractivity contribution >= 4 is 15.8 Å². The van der Waals surface area contributed by atoms with Crippen LogP contribution in [0.1, 0.15) is 52.0 Å². The van der Waals surface area contributed by atoms with Crippen molar-refractivity contribution in [3.8, 4) is 5.75 Å². The summed E-state index contributed by atoms with van der Waals surface area (Å²) in [5, 5.41) is 10.7. The van der Waals surface area contributed by atoms with E-state index in [0.29, 0.717) is 29.7 Å². The van der Waals surface area contributed by atoms with Crippen LogP contribution in [0.5, 0.6) is 5.75 Å². The smallest absolute Gasteiger partial charge is 0.241 e. The van der Waals surface area contributed by atoms with Gasteiger partial charge in [-0.25, -0.2) is 13.1 Å². The van der Waals surface area contributed by atoms with Crippen LogP contribution in [0.15, 0.2) is 71.6 Å². The number of ether oxygens (including phenoxy) is 1. The summed E-state index contributed by atoms with van der Waals surface area (Å²) in [6, 6.07) is 18.6. The van der Waals surface area contributed by atoms with E-state index in [0.717, 1.165) is 23.1 Å². The SMILES string of the molecule is CCc1ccc(S(=O)(=O)N[C@@H]2c3cc(CC(=O)c4cccc(OC)c4)ccc3CC[C@H]2O)cc1. The zero-order chi connectivity index (χ0) is 24.3. The molecule has 3 aromatic carbocycles. The van der Waals surface area contributed by atoms with Gasteiger partial charge >= 0.3 is 0 Å². The molecule has 2 atom stereocenters. The van der Waals surface area contributed by atoms with Crippen LogP contribution in [0.4, 0.5) is 0 Å². The minimum Gasteiger partial charge on any atom is -0.497 e. The second-order valence-electron chi connectivity index (χ2n) is 8.57. The lowest BCUT2D eigenvalue weighted by Crippen LogP contribution is -2.39. The number of fused-ring (bicyclic) bond motifs is 1. The highest BCUT2D eigenvalue weighted by molar-refractivity contribution is 7.89. The van der Waals surface area contributed by atoms with Crippen molar-refractivity contribution in [3.63, 3.8) is 0 Å². The molecule has 34 heavy (non-hydrogen) atoms. The Labute approximate surface area is 200 Å². The van der Waals surface area contributed by atoms with Gasteiger partial charge in [0.1, 0.15) is 5.75 Å². The number of sulfonamides is 1. The van der Waals surface area contributed by atoms with Gasteiger partial charge in [-0.15, -0.1) is 0 Å².